The summed E-state index contributed by atoms with van der Waals surface area (Å²) in [4.78, 5) is 25.1. The lowest BCUT2D eigenvalue weighted by Gasteiger charge is -1.77. The summed E-state index contributed by atoms with van der Waals surface area (Å²) in [6.07, 6.45) is 31.3. The van der Waals surface area contributed by atoms with Gasteiger partial charge in [-0.15, -0.1) is 0 Å². The molecule has 0 amide bonds. The fourth-order valence-corrected chi connectivity index (χ4v) is 5.08. The minimum Gasteiger partial charge on any atom is -0.365 e. The van der Waals surface area contributed by atoms with Crippen LogP contribution in [0.5, 0.6) is 0 Å². The first kappa shape index (κ1) is 115. The number of aromatic nitrogens is 18. The number of imidazole rings is 4. The normalized spacial score (nSPS) is 7.38. The monoisotopic (exact) mass is 1400 g/mol. The van der Waals surface area contributed by atoms with Gasteiger partial charge in [-0.05, 0) is 134 Å². The highest BCUT2D eigenvalue weighted by Crippen LogP contribution is 1.99. The van der Waals surface area contributed by atoms with Gasteiger partial charge in [-0.1, -0.05) is 182 Å². The maximum Gasteiger partial charge on any atom is 0.133 e. The highest BCUT2D eigenvalue weighted by atomic mass is 32.1. The van der Waals surface area contributed by atoms with Crippen molar-refractivity contribution in [1.82, 2.24) is 88.0 Å². The van der Waals surface area contributed by atoms with E-state index in [1.807, 2.05) is 308 Å². The Morgan fingerprint density at radius 1 is 0.469 bits per heavy atom. The summed E-state index contributed by atoms with van der Waals surface area (Å²) in [5.41, 5.74) is 7.67. The summed E-state index contributed by atoms with van der Waals surface area (Å²) in [5.74, 6) is 1.82. The van der Waals surface area contributed by atoms with Crippen molar-refractivity contribution in [3.8, 4) is 0 Å². The van der Waals surface area contributed by atoms with Crippen LogP contribution >= 0.6 is 34.6 Å². The van der Waals surface area contributed by atoms with Crippen molar-refractivity contribution in [1.29, 1.82) is 0 Å². The number of nitrogens with one attached hydrogen (secondary N) is 4. The number of nitrogens with zero attached hydrogens (tertiary/aromatic N) is 14. The predicted molar refractivity (Wildman–Crippen MR) is 420 cm³/mol. The van der Waals surface area contributed by atoms with E-state index in [1.165, 1.54) is 45.0 Å². The molecule has 4 N–H and O–H groups in total. The Balaban J connectivity index is -0.0000000779. The van der Waals surface area contributed by atoms with Crippen LogP contribution in [0.1, 0.15) is 222 Å². The van der Waals surface area contributed by atoms with E-state index in [1.54, 1.807) is 110 Å². The minimum atomic E-state index is 0.856. The Bertz CT molecular complexity index is 2040. The van der Waals surface area contributed by atoms with Crippen molar-refractivity contribution >= 4 is 34.6 Å². The van der Waals surface area contributed by atoms with Gasteiger partial charge in [0.15, 0.2) is 0 Å². The molecule has 12 aromatic rings. The zero-order chi connectivity index (χ0) is 76.9. The average Bonchev–Trinajstić information content (AvgIpc) is 4.46. The van der Waals surface area contributed by atoms with Gasteiger partial charge in [0.1, 0.15) is 24.1 Å². The van der Waals surface area contributed by atoms with Gasteiger partial charge >= 0.3 is 0 Å². The highest BCUT2D eigenvalue weighted by molar-refractivity contribution is 7.05. The molecule has 0 unspecified atom stereocenters. The standard InChI is InChI=1S/6C4H6N2.3C4H5NO.3C4H5NS.12C2H6/c2*1-4-2-5-3-6-4;1-6-3-2-5-4-6;1-6-4-2-3-5-6;1-4-5-2-3-6-4;1-4-2-3-5-6-4;1-4-2-5-6-3-4;1-4-2-3-6-5-4;1-4-2-3-5-6-4;1-4-2-5-6-3-4;1-4-2-3-6-5-4;1-4-2-3-5-6-4;12*1-2/h2*2-3H,1H3,(H,5,6);2*2-4H,1H3;2*2-3H,1H3,(H,5,6);6*2-3H,1H3;12*1-2H3. The van der Waals surface area contributed by atoms with E-state index < -0.39 is 0 Å². The summed E-state index contributed by atoms with van der Waals surface area (Å²) in [6, 6.07) is 11.4. The van der Waals surface area contributed by atoms with Crippen molar-refractivity contribution in [2.24, 2.45) is 14.1 Å². The molecule has 96 heavy (non-hydrogen) atoms. The molecule has 0 aliphatic rings. The molecule has 0 radical (unpaired) electrons. The molecular weight excluding hydrogens is 1260 g/mol. The van der Waals surface area contributed by atoms with E-state index in [0.29, 0.717) is 0 Å². The van der Waals surface area contributed by atoms with E-state index in [-0.39, 0.29) is 0 Å². The predicted octanol–water partition coefficient (Wildman–Crippen LogP) is 23.3. The van der Waals surface area contributed by atoms with E-state index in [4.69, 9.17) is 0 Å². The first-order chi connectivity index (χ1) is 46.7. The van der Waals surface area contributed by atoms with Crippen molar-refractivity contribution in [2.45, 2.75) is 235 Å². The zero-order valence-electron chi connectivity index (χ0n) is 66.7. The third kappa shape index (κ3) is 107. The van der Waals surface area contributed by atoms with Crippen LogP contribution in [0.4, 0.5) is 0 Å². The lowest BCUT2D eigenvalue weighted by molar-refractivity contribution is 0.397. The molecule has 0 fully saturated rings. The fourth-order valence-electron chi connectivity index (χ4n) is 3.61. The van der Waals surface area contributed by atoms with Crippen LogP contribution in [-0.2, 0) is 14.1 Å². The van der Waals surface area contributed by atoms with Crippen LogP contribution in [0.3, 0.4) is 0 Å². The topological polar surface area (TPSA) is 267 Å². The third-order valence-electron chi connectivity index (χ3n) is 7.20. The van der Waals surface area contributed by atoms with E-state index >= 15 is 0 Å². The first-order valence-corrected chi connectivity index (χ1v) is 36.1. The number of rotatable bonds is 0. The molecular formula is C72H138N18O3S3. The molecule has 21 nitrogen and oxygen atoms in total. The summed E-state index contributed by atoms with van der Waals surface area (Å²) < 4.78 is 28.8. The van der Waals surface area contributed by atoms with Crippen LogP contribution in [0, 0.1) is 69.2 Å². The van der Waals surface area contributed by atoms with Gasteiger partial charge in [0.2, 0.25) is 0 Å². The SMILES string of the molecule is CC.CC.CC.CC.CC.CC.CC.CC.CC.CC.CC.CC.Cc1ccn[nH]1.Cc1ccno1.Cc1ccns1.Cc1ccon1.Cc1ccsn1.Cc1cnc[nH]1.Cc1cnc[nH]1.Cc1cnoc1.Cc1cnsc1.Cc1ncc[nH]1.Cn1cccn1.Cn1ccnc1. The smallest absolute Gasteiger partial charge is 0.133 e. The van der Waals surface area contributed by atoms with E-state index in [9.17, 15) is 0 Å². The number of aryl methyl sites for hydroxylation is 12. The second kappa shape index (κ2) is 111. The molecule has 552 valence electrons. The molecule has 12 rings (SSSR count). The number of H-pyrrole nitrogens is 4. The van der Waals surface area contributed by atoms with E-state index in [2.05, 4.69) is 92.3 Å². The van der Waals surface area contributed by atoms with Gasteiger partial charge in [-0.25, -0.2) is 28.7 Å². The van der Waals surface area contributed by atoms with Crippen molar-refractivity contribution in [3.63, 3.8) is 0 Å². The number of hydrogen-bond acceptors (Lipinski definition) is 18. The quantitative estimate of drug-likeness (QED) is 0.110. The van der Waals surface area contributed by atoms with Gasteiger partial charge in [0.25, 0.3) is 0 Å². The molecule has 0 bridgehead atoms. The maximum absolute atomic E-state index is 4.58. The molecule has 0 saturated heterocycles. The lowest BCUT2D eigenvalue weighted by atomic mass is 10.4. The van der Waals surface area contributed by atoms with Crippen LogP contribution in [0.2, 0.25) is 0 Å². The molecule has 0 atom stereocenters. The molecule has 0 aromatic carbocycles. The summed E-state index contributed by atoms with van der Waals surface area (Å²) >= 11 is 4.51. The third-order valence-corrected chi connectivity index (χ3v) is 9.20. The fraction of sp³-hybridized carbons (Fsp3) is 0.500. The van der Waals surface area contributed by atoms with Gasteiger partial charge in [-0.2, -0.15) is 14.6 Å². The summed E-state index contributed by atoms with van der Waals surface area (Å²) in [5, 5.41) is 24.7. The average molecular weight is 1400 g/mol. The number of aromatic amines is 4. The zero-order valence-corrected chi connectivity index (χ0v) is 69.2. The minimum absolute atomic E-state index is 0.856. The second-order valence-corrected chi connectivity index (χ2v) is 16.6. The summed E-state index contributed by atoms with van der Waals surface area (Å²) in [7, 11) is 3.83. The van der Waals surface area contributed by atoms with Crippen LogP contribution in [0.25, 0.3) is 0 Å². The Kier molecular flexibility index (Phi) is 133. The lowest BCUT2D eigenvalue weighted by Crippen LogP contribution is -1.83. The molecule has 24 heteroatoms. The van der Waals surface area contributed by atoms with Crippen LogP contribution in [-0.4, -0.2) is 88.0 Å². The molecule has 0 aliphatic carbocycles. The van der Waals surface area contributed by atoms with Crippen molar-refractivity contribution in [2.75, 3.05) is 0 Å². The Hall–Kier alpha value is -8.22. The maximum atomic E-state index is 4.58. The Morgan fingerprint density at radius 2 is 1.04 bits per heavy atom. The van der Waals surface area contributed by atoms with Gasteiger partial charge in [-0.3, -0.25) is 9.78 Å². The van der Waals surface area contributed by atoms with Crippen LogP contribution in [0.15, 0.2) is 173 Å². The van der Waals surface area contributed by atoms with E-state index in [0.717, 1.165) is 45.6 Å². The summed E-state index contributed by atoms with van der Waals surface area (Å²) in [6.45, 7) is 67.5. The van der Waals surface area contributed by atoms with Crippen molar-refractivity contribution < 1.29 is 13.6 Å². The van der Waals surface area contributed by atoms with Crippen LogP contribution < -0.4 is 0 Å². The van der Waals surface area contributed by atoms with Crippen molar-refractivity contribution in [3.05, 3.63) is 215 Å². The molecule has 0 spiro atoms. The van der Waals surface area contributed by atoms with Gasteiger partial charge < -0.3 is 33.1 Å². The molecule has 12 heterocycles. The Labute approximate surface area is 597 Å². The van der Waals surface area contributed by atoms with Gasteiger partial charge in [0.05, 0.1) is 42.8 Å². The molecule has 0 aliphatic heterocycles. The largest absolute Gasteiger partial charge is 0.365 e. The Morgan fingerprint density at radius 3 is 1.16 bits per heavy atom. The first-order valence-electron chi connectivity index (χ1n) is 33.6. The van der Waals surface area contributed by atoms with Gasteiger partial charge in [0, 0.05) is 133 Å². The second-order valence-electron chi connectivity index (χ2n) is 14.2. The number of hydrogen-bond donors (Lipinski definition) is 4. The highest BCUT2D eigenvalue weighted by Gasteiger charge is 1.82. The molecule has 12 aromatic heterocycles. The molecule has 0 saturated carbocycles.